The minimum absolute atomic E-state index is 0. The summed E-state index contributed by atoms with van der Waals surface area (Å²) in [5.74, 6) is -0.496. The average Bonchev–Trinajstić information content (AvgIpc) is 2.08. The fourth-order valence-corrected chi connectivity index (χ4v) is 1.08. The molecular weight excluding hydrogens is 206 g/mol. The molecule has 0 amide bonds. The molecular formula is C9H14ClNO3. The lowest BCUT2D eigenvalue weighted by atomic mass is 10.0. The number of phenolic OH excluding ortho intramolecular Hbond substituents is 2. The van der Waals surface area contributed by atoms with E-state index in [9.17, 15) is 10.2 Å². The molecule has 0 aliphatic rings. The van der Waals surface area contributed by atoms with Gasteiger partial charge in [0.1, 0.15) is 0 Å². The predicted octanol–water partition coefficient (Wildman–Crippen LogP) is 0.900. The molecule has 14 heavy (non-hydrogen) atoms. The lowest BCUT2D eigenvalue weighted by molar-refractivity contribution is 0.162. The Balaban J connectivity index is 0.00000169. The highest BCUT2D eigenvalue weighted by molar-refractivity contribution is 5.85. The highest BCUT2D eigenvalue weighted by Crippen LogP contribution is 2.32. The number of phenols is 2. The number of nitrogens with two attached hydrogens (primary N) is 1. The summed E-state index contributed by atoms with van der Waals surface area (Å²) in [7, 11) is 0. The molecule has 0 heterocycles. The lowest BCUT2D eigenvalue weighted by Gasteiger charge is -2.16. The zero-order chi connectivity index (χ0) is 10.0. The average molecular weight is 220 g/mol. The standard InChI is InChI=1S/C9H13NO3.ClH/c1-5(11)8(10)6-3-2-4-7(12)9(6)13;/h2-5,8,11-13H,10H2,1H3;1H/t5-,8-;/m0./s1. The molecule has 80 valence electrons. The van der Waals surface area contributed by atoms with E-state index < -0.39 is 12.1 Å². The monoisotopic (exact) mass is 219 g/mol. The molecule has 2 atom stereocenters. The van der Waals surface area contributed by atoms with Crippen LogP contribution in [0.15, 0.2) is 18.2 Å². The Morgan fingerprint density at radius 3 is 2.36 bits per heavy atom. The van der Waals surface area contributed by atoms with Gasteiger partial charge in [-0.3, -0.25) is 0 Å². The maximum absolute atomic E-state index is 9.38. The van der Waals surface area contributed by atoms with Gasteiger partial charge in [-0.25, -0.2) is 0 Å². The van der Waals surface area contributed by atoms with Crippen molar-refractivity contribution in [3.63, 3.8) is 0 Å². The lowest BCUT2D eigenvalue weighted by Crippen LogP contribution is -2.23. The van der Waals surface area contributed by atoms with Gasteiger partial charge in [-0.1, -0.05) is 12.1 Å². The number of halogens is 1. The zero-order valence-electron chi connectivity index (χ0n) is 7.71. The van der Waals surface area contributed by atoms with E-state index in [0.29, 0.717) is 5.56 Å². The molecule has 1 aromatic carbocycles. The van der Waals surface area contributed by atoms with Crippen LogP contribution in [0.1, 0.15) is 18.5 Å². The second-order valence-corrected chi connectivity index (χ2v) is 2.98. The van der Waals surface area contributed by atoms with Crippen LogP contribution in [0.25, 0.3) is 0 Å². The second kappa shape index (κ2) is 5.05. The molecule has 0 radical (unpaired) electrons. The molecule has 0 saturated heterocycles. The topological polar surface area (TPSA) is 86.7 Å². The molecule has 1 aromatic rings. The normalized spacial score (nSPS) is 14.2. The summed E-state index contributed by atoms with van der Waals surface area (Å²) < 4.78 is 0. The third-order valence-corrected chi connectivity index (χ3v) is 1.92. The molecule has 0 spiro atoms. The molecule has 0 aliphatic heterocycles. The third-order valence-electron chi connectivity index (χ3n) is 1.92. The van der Waals surface area contributed by atoms with Gasteiger partial charge in [0, 0.05) is 5.56 Å². The van der Waals surface area contributed by atoms with E-state index in [4.69, 9.17) is 10.8 Å². The summed E-state index contributed by atoms with van der Waals surface area (Å²) in [6.45, 7) is 1.52. The van der Waals surface area contributed by atoms with Gasteiger partial charge in [0.25, 0.3) is 0 Å². The summed E-state index contributed by atoms with van der Waals surface area (Å²) in [6.07, 6.45) is -0.771. The quantitative estimate of drug-likeness (QED) is 0.557. The van der Waals surface area contributed by atoms with Gasteiger partial charge >= 0.3 is 0 Å². The number of aliphatic hydroxyl groups is 1. The first-order valence-electron chi connectivity index (χ1n) is 3.98. The van der Waals surface area contributed by atoms with Crippen molar-refractivity contribution in [1.82, 2.24) is 0 Å². The number of para-hydroxylation sites is 1. The summed E-state index contributed by atoms with van der Waals surface area (Å²) in [6, 6.07) is 3.79. The Morgan fingerprint density at radius 2 is 1.86 bits per heavy atom. The molecule has 0 aromatic heterocycles. The molecule has 5 N–H and O–H groups in total. The van der Waals surface area contributed by atoms with Crippen LogP contribution in [0, 0.1) is 0 Å². The van der Waals surface area contributed by atoms with E-state index in [1.165, 1.54) is 13.0 Å². The fraction of sp³-hybridized carbons (Fsp3) is 0.333. The van der Waals surface area contributed by atoms with Crippen LogP contribution < -0.4 is 5.73 Å². The smallest absolute Gasteiger partial charge is 0.162 e. The molecule has 0 bridgehead atoms. The zero-order valence-corrected chi connectivity index (χ0v) is 8.53. The van der Waals surface area contributed by atoms with E-state index in [2.05, 4.69) is 0 Å². The van der Waals surface area contributed by atoms with Crippen LogP contribution >= 0.6 is 12.4 Å². The van der Waals surface area contributed by atoms with Crippen molar-refractivity contribution in [2.24, 2.45) is 5.73 Å². The first kappa shape index (κ1) is 13.0. The summed E-state index contributed by atoms with van der Waals surface area (Å²) in [5.41, 5.74) is 5.93. The van der Waals surface area contributed by atoms with Crippen LogP contribution in [0.5, 0.6) is 11.5 Å². The van der Waals surface area contributed by atoms with Gasteiger partial charge in [0.15, 0.2) is 11.5 Å². The number of aliphatic hydroxyl groups excluding tert-OH is 1. The highest BCUT2D eigenvalue weighted by Gasteiger charge is 2.17. The minimum Gasteiger partial charge on any atom is -0.504 e. The van der Waals surface area contributed by atoms with Crippen LogP contribution in [0.3, 0.4) is 0 Å². The van der Waals surface area contributed by atoms with E-state index in [-0.39, 0.29) is 23.9 Å². The Bertz CT molecular complexity index is 304. The molecule has 4 nitrogen and oxygen atoms in total. The van der Waals surface area contributed by atoms with Crippen LogP contribution in [-0.2, 0) is 0 Å². The van der Waals surface area contributed by atoms with Crippen molar-refractivity contribution in [1.29, 1.82) is 0 Å². The van der Waals surface area contributed by atoms with Crippen molar-refractivity contribution >= 4 is 12.4 Å². The minimum atomic E-state index is -0.771. The maximum atomic E-state index is 9.38. The molecule has 0 fully saturated rings. The Labute approximate surface area is 88.4 Å². The van der Waals surface area contributed by atoms with Crippen LogP contribution in [0.4, 0.5) is 0 Å². The Kier molecular flexibility index (Phi) is 4.70. The number of rotatable bonds is 2. The number of hydrogen-bond donors (Lipinski definition) is 4. The number of benzene rings is 1. The van der Waals surface area contributed by atoms with Gasteiger partial charge in [0.2, 0.25) is 0 Å². The predicted molar refractivity (Wildman–Crippen MR) is 55.6 cm³/mol. The van der Waals surface area contributed by atoms with Crippen molar-refractivity contribution in [3.8, 4) is 11.5 Å². The first-order valence-corrected chi connectivity index (χ1v) is 3.98. The van der Waals surface area contributed by atoms with Crippen molar-refractivity contribution in [2.75, 3.05) is 0 Å². The first-order chi connectivity index (χ1) is 6.04. The summed E-state index contributed by atoms with van der Waals surface area (Å²) in [5, 5.41) is 27.7. The molecule has 0 saturated carbocycles. The number of hydrogen-bond acceptors (Lipinski definition) is 4. The summed E-state index contributed by atoms with van der Waals surface area (Å²) in [4.78, 5) is 0. The largest absolute Gasteiger partial charge is 0.504 e. The van der Waals surface area contributed by atoms with Gasteiger partial charge in [-0.15, -0.1) is 12.4 Å². The molecule has 0 unspecified atom stereocenters. The van der Waals surface area contributed by atoms with E-state index in [1.807, 2.05) is 0 Å². The van der Waals surface area contributed by atoms with Crippen LogP contribution in [0.2, 0.25) is 0 Å². The highest BCUT2D eigenvalue weighted by atomic mass is 35.5. The second-order valence-electron chi connectivity index (χ2n) is 2.98. The van der Waals surface area contributed by atoms with Crippen molar-refractivity contribution in [3.05, 3.63) is 23.8 Å². The van der Waals surface area contributed by atoms with E-state index in [1.54, 1.807) is 12.1 Å². The van der Waals surface area contributed by atoms with E-state index >= 15 is 0 Å². The van der Waals surface area contributed by atoms with Gasteiger partial charge < -0.3 is 21.1 Å². The van der Waals surface area contributed by atoms with Crippen molar-refractivity contribution in [2.45, 2.75) is 19.1 Å². The Hall–Kier alpha value is -0.970. The van der Waals surface area contributed by atoms with Gasteiger partial charge in [-0.2, -0.15) is 0 Å². The van der Waals surface area contributed by atoms with Gasteiger partial charge in [-0.05, 0) is 13.0 Å². The molecule has 5 heteroatoms. The summed E-state index contributed by atoms with van der Waals surface area (Å²) >= 11 is 0. The van der Waals surface area contributed by atoms with Crippen molar-refractivity contribution < 1.29 is 15.3 Å². The number of aromatic hydroxyl groups is 2. The fourth-order valence-electron chi connectivity index (χ4n) is 1.08. The van der Waals surface area contributed by atoms with E-state index in [0.717, 1.165) is 0 Å². The van der Waals surface area contributed by atoms with Gasteiger partial charge in [0.05, 0.1) is 12.1 Å². The third kappa shape index (κ3) is 2.51. The molecule has 1 rings (SSSR count). The maximum Gasteiger partial charge on any atom is 0.162 e. The Morgan fingerprint density at radius 1 is 1.29 bits per heavy atom. The SMILES string of the molecule is C[C@H](O)[C@H](N)c1cccc(O)c1O.Cl. The van der Waals surface area contributed by atoms with Crippen LogP contribution in [-0.4, -0.2) is 21.4 Å². The molecule has 0 aliphatic carbocycles.